The van der Waals surface area contributed by atoms with E-state index in [1.54, 1.807) is 0 Å². The molecule has 0 spiro atoms. The molecule has 1 aromatic heterocycles. The van der Waals surface area contributed by atoms with E-state index >= 15 is 0 Å². The first-order valence-electron chi connectivity index (χ1n) is 7.41. The molecule has 5 heteroatoms. The minimum atomic E-state index is 0.335. The van der Waals surface area contributed by atoms with Crippen LogP contribution < -0.4 is 10.6 Å². The predicted molar refractivity (Wildman–Crippen MR) is 82.9 cm³/mol. The average Bonchev–Trinajstić information content (AvgIpc) is 2.80. The van der Waals surface area contributed by atoms with Gasteiger partial charge >= 0.3 is 0 Å². The number of likely N-dealkylation sites (N-methyl/N-ethyl adjacent to an activating group) is 1. The van der Waals surface area contributed by atoms with Gasteiger partial charge in [-0.25, -0.2) is 9.97 Å². The number of hydrogen-bond donors (Lipinski definition) is 1. The van der Waals surface area contributed by atoms with Gasteiger partial charge in [0.2, 0.25) is 0 Å². The number of hydrogen-bond acceptors (Lipinski definition) is 5. The lowest BCUT2D eigenvalue weighted by atomic mass is 10.1. The second kappa shape index (κ2) is 6.06. The van der Waals surface area contributed by atoms with Crippen LogP contribution in [-0.4, -0.2) is 48.1 Å². The van der Waals surface area contributed by atoms with Crippen LogP contribution in [0.4, 0.5) is 5.69 Å². The summed E-state index contributed by atoms with van der Waals surface area (Å²) in [6, 6.07) is 0.574. The highest BCUT2D eigenvalue weighted by Gasteiger charge is 2.32. The van der Waals surface area contributed by atoms with E-state index in [1.165, 1.54) is 0 Å². The summed E-state index contributed by atoms with van der Waals surface area (Å²) in [7, 11) is 4.29. The van der Waals surface area contributed by atoms with Gasteiger partial charge in [-0.15, -0.1) is 0 Å². The number of rotatable bonds is 4. The van der Waals surface area contributed by atoms with Gasteiger partial charge in [-0.2, -0.15) is 0 Å². The van der Waals surface area contributed by atoms with Crippen molar-refractivity contribution in [2.75, 3.05) is 32.1 Å². The molecule has 5 nitrogen and oxygen atoms in total. The van der Waals surface area contributed by atoms with E-state index in [4.69, 9.17) is 5.73 Å². The zero-order valence-corrected chi connectivity index (χ0v) is 13.3. The third kappa shape index (κ3) is 2.94. The molecule has 0 aliphatic carbocycles. The Morgan fingerprint density at radius 2 is 2.10 bits per heavy atom. The zero-order chi connectivity index (χ0) is 14.9. The Kier molecular flexibility index (Phi) is 4.60. The average molecular weight is 277 g/mol. The quantitative estimate of drug-likeness (QED) is 0.902. The fraction of sp³-hybridized carbons (Fsp3) is 0.733. The van der Waals surface area contributed by atoms with Gasteiger partial charge in [-0.3, -0.25) is 0 Å². The summed E-state index contributed by atoms with van der Waals surface area (Å²) in [5.74, 6) is 1.85. The maximum Gasteiger partial charge on any atom is 0.131 e. The fourth-order valence-electron chi connectivity index (χ4n) is 2.94. The molecule has 0 aromatic carbocycles. The molecule has 2 rings (SSSR count). The standard InChI is InChI=1S/C15H27N5/c1-10(2)15-17-7-13(12(6-16)18-15)20-8-11(3)14(9-20)19(4)5/h7,10-11,14H,6,8-9,16H2,1-5H3. The van der Waals surface area contributed by atoms with E-state index in [2.05, 4.69) is 54.6 Å². The van der Waals surface area contributed by atoms with E-state index in [-0.39, 0.29) is 0 Å². The molecule has 2 heterocycles. The van der Waals surface area contributed by atoms with Crippen LogP contribution in [0.2, 0.25) is 0 Å². The molecule has 1 saturated heterocycles. The van der Waals surface area contributed by atoms with Gasteiger partial charge in [-0.1, -0.05) is 20.8 Å². The van der Waals surface area contributed by atoms with Gasteiger partial charge < -0.3 is 15.5 Å². The monoisotopic (exact) mass is 277 g/mol. The van der Waals surface area contributed by atoms with Crippen molar-refractivity contribution in [2.24, 2.45) is 11.7 Å². The molecule has 1 aliphatic rings. The summed E-state index contributed by atoms with van der Waals surface area (Å²) in [6.45, 7) is 9.04. The predicted octanol–water partition coefficient (Wildman–Crippen LogP) is 1.45. The molecule has 0 radical (unpaired) electrons. The first kappa shape index (κ1) is 15.2. The van der Waals surface area contributed by atoms with Gasteiger partial charge in [0.25, 0.3) is 0 Å². The molecule has 2 N–H and O–H groups in total. The van der Waals surface area contributed by atoms with Crippen LogP contribution in [0.25, 0.3) is 0 Å². The van der Waals surface area contributed by atoms with E-state index < -0.39 is 0 Å². The largest absolute Gasteiger partial charge is 0.367 e. The van der Waals surface area contributed by atoms with Crippen LogP contribution in [0.1, 0.15) is 38.2 Å². The van der Waals surface area contributed by atoms with Crippen molar-refractivity contribution in [3.8, 4) is 0 Å². The van der Waals surface area contributed by atoms with E-state index in [0.29, 0.717) is 24.4 Å². The molecule has 0 amide bonds. The van der Waals surface area contributed by atoms with Gasteiger partial charge in [0, 0.05) is 31.6 Å². The van der Waals surface area contributed by atoms with Crippen LogP contribution in [0.3, 0.4) is 0 Å². The molecule has 1 aliphatic heterocycles. The van der Waals surface area contributed by atoms with Crippen LogP contribution >= 0.6 is 0 Å². The minimum Gasteiger partial charge on any atom is -0.367 e. The second-order valence-corrected chi connectivity index (χ2v) is 6.33. The van der Waals surface area contributed by atoms with Crippen LogP contribution in [-0.2, 0) is 6.54 Å². The molecule has 2 atom stereocenters. The van der Waals surface area contributed by atoms with Gasteiger partial charge in [0.05, 0.1) is 17.6 Å². The second-order valence-electron chi connectivity index (χ2n) is 6.33. The molecule has 0 bridgehead atoms. The first-order chi connectivity index (χ1) is 9.43. The molecule has 20 heavy (non-hydrogen) atoms. The van der Waals surface area contributed by atoms with Crippen molar-refractivity contribution in [1.82, 2.24) is 14.9 Å². The fourth-order valence-corrected chi connectivity index (χ4v) is 2.94. The Morgan fingerprint density at radius 3 is 2.60 bits per heavy atom. The van der Waals surface area contributed by atoms with Crippen molar-refractivity contribution in [3.63, 3.8) is 0 Å². The van der Waals surface area contributed by atoms with Gasteiger partial charge in [0.15, 0.2) is 0 Å². The number of anilines is 1. The Balaban J connectivity index is 2.25. The topological polar surface area (TPSA) is 58.3 Å². The molecule has 2 unspecified atom stereocenters. The maximum atomic E-state index is 5.89. The SMILES string of the molecule is CC(C)c1ncc(N2CC(C)C(N(C)C)C2)c(CN)n1. The molecule has 0 saturated carbocycles. The Morgan fingerprint density at radius 1 is 1.40 bits per heavy atom. The summed E-state index contributed by atoms with van der Waals surface area (Å²) >= 11 is 0. The van der Waals surface area contributed by atoms with Crippen molar-refractivity contribution < 1.29 is 0 Å². The zero-order valence-electron chi connectivity index (χ0n) is 13.3. The third-order valence-electron chi connectivity index (χ3n) is 4.15. The van der Waals surface area contributed by atoms with E-state index in [9.17, 15) is 0 Å². The highest BCUT2D eigenvalue weighted by molar-refractivity contribution is 5.50. The van der Waals surface area contributed by atoms with Crippen LogP contribution in [0, 0.1) is 5.92 Å². The molecule has 1 fully saturated rings. The molecular formula is C15H27N5. The highest BCUT2D eigenvalue weighted by atomic mass is 15.3. The maximum absolute atomic E-state index is 5.89. The Labute approximate surface area is 122 Å². The number of aromatic nitrogens is 2. The van der Waals surface area contributed by atoms with Crippen molar-refractivity contribution >= 4 is 5.69 Å². The summed E-state index contributed by atoms with van der Waals surface area (Å²) < 4.78 is 0. The highest BCUT2D eigenvalue weighted by Crippen LogP contribution is 2.28. The minimum absolute atomic E-state index is 0.335. The van der Waals surface area contributed by atoms with E-state index in [1.807, 2.05) is 6.20 Å². The Hall–Kier alpha value is -1.20. The first-order valence-corrected chi connectivity index (χ1v) is 7.41. The molecule has 112 valence electrons. The van der Waals surface area contributed by atoms with E-state index in [0.717, 1.165) is 30.3 Å². The lowest BCUT2D eigenvalue weighted by Gasteiger charge is -2.24. The van der Waals surface area contributed by atoms with Crippen molar-refractivity contribution in [1.29, 1.82) is 0 Å². The number of nitrogens with zero attached hydrogens (tertiary/aromatic N) is 4. The normalized spacial score (nSPS) is 23.1. The lowest BCUT2D eigenvalue weighted by molar-refractivity contribution is 0.266. The van der Waals surface area contributed by atoms with Gasteiger partial charge in [0.1, 0.15) is 5.82 Å². The van der Waals surface area contributed by atoms with Crippen LogP contribution in [0.15, 0.2) is 6.20 Å². The molecular weight excluding hydrogens is 250 g/mol. The summed E-state index contributed by atoms with van der Waals surface area (Å²) in [6.07, 6.45) is 1.95. The van der Waals surface area contributed by atoms with Gasteiger partial charge in [-0.05, 0) is 20.0 Å². The lowest BCUT2D eigenvalue weighted by Crippen LogP contribution is -2.34. The smallest absolute Gasteiger partial charge is 0.131 e. The number of nitrogens with two attached hydrogens (primary N) is 1. The summed E-state index contributed by atoms with van der Waals surface area (Å²) in [5.41, 5.74) is 7.96. The molecule has 1 aromatic rings. The summed E-state index contributed by atoms with van der Waals surface area (Å²) in [4.78, 5) is 13.8. The Bertz CT molecular complexity index is 458. The van der Waals surface area contributed by atoms with Crippen LogP contribution in [0.5, 0.6) is 0 Å². The van der Waals surface area contributed by atoms with Crippen molar-refractivity contribution in [3.05, 3.63) is 17.7 Å². The third-order valence-corrected chi connectivity index (χ3v) is 4.15. The summed E-state index contributed by atoms with van der Waals surface area (Å²) in [5, 5.41) is 0. The van der Waals surface area contributed by atoms with Crippen molar-refractivity contribution in [2.45, 2.75) is 39.3 Å².